The van der Waals surface area contributed by atoms with E-state index in [-0.39, 0.29) is 10.2 Å². The van der Waals surface area contributed by atoms with E-state index in [9.17, 15) is 0 Å². The van der Waals surface area contributed by atoms with E-state index < -0.39 is 0 Å². The van der Waals surface area contributed by atoms with Gasteiger partial charge in [-0.1, -0.05) is 89.4 Å². The van der Waals surface area contributed by atoms with Gasteiger partial charge < -0.3 is 0 Å². The molecule has 2 rings (SSSR count). The monoisotopic (exact) mass is 356 g/mol. The molecule has 0 fully saturated rings. The van der Waals surface area contributed by atoms with Crippen LogP contribution in [0.3, 0.4) is 0 Å². The zero-order valence-electron chi connectivity index (χ0n) is 10.8. The van der Waals surface area contributed by atoms with Gasteiger partial charge in [0.1, 0.15) is 0 Å². The number of benzene rings is 2. The van der Waals surface area contributed by atoms with E-state index in [1.54, 1.807) is 6.07 Å². The molecule has 100 valence electrons. The predicted molar refractivity (Wildman–Crippen MR) is 87.6 cm³/mol. The molecule has 0 saturated carbocycles. The van der Waals surface area contributed by atoms with Crippen LogP contribution in [0.25, 0.3) is 0 Å². The van der Waals surface area contributed by atoms with Crippen molar-refractivity contribution >= 4 is 39.1 Å². The molecule has 0 spiro atoms. The summed E-state index contributed by atoms with van der Waals surface area (Å²) >= 11 is 16.0. The molecule has 2 aromatic rings. The number of alkyl halides is 1. The highest BCUT2D eigenvalue weighted by molar-refractivity contribution is 9.09. The molecule has 19 heavy (non-hydrogen) atoms. The molecule has 0 bridgehead atoms. The molecule has 1 atom stereocenters. The van der Waals surface area contributed by atoms with E-state index in [0.29, 0.717) is 10.0 Å². The number of rotatable bonds is 3. The number of hydrogen-bond acceptors (Lipinski definition) is 0. The molecule has 2 aromatic carbocycles. The van der Waals surface area contributed by atoms with Crippen LogP contribution in [0, 0.1) is 0 Å². The normalized spacial score (nSPS) is 13.3. The SMILES string of the molecule is CC(C)(c1ccccc1)C(Br)c1ccc(Cl)cc1Cl. The second-order valence-electron chi connectivity index (χ2n) is 5.12. The third-order valence-electron chi connectivity index (χ3n) is 3.39. The van der Waals surface area contributed by atoms with Crippen molar-refractivity contribution in [3.63, 3.8) is 0 Å². The largest absolute Gasteiger partial charge is 0.0843 e. The van der Waals surface area contributed by atoms with Gasteiger partial charge in [-0.2, -0.15) is 0 Å². The van der Waals surface area contributed by atoms with Crippen molar-refractivity contribution in [2.24, 2.45) is 0 Å². The maximum atomic E-state index is 6.30. The van der Waals surface area contributed by atoms with E-state index in [4.69, 9.17) is 23.2 Å². The number of hydrogen-bond donors (Lipinski definition) is 0. The van der Waals surface area contributed by atoms with Gasteiger partial charge >= 0.3 is 0 Å². The Morgan fingerprint density at radius 2 is 1.63 bits per heavy atom. The fraction of sp³-hybridized carbons (Fsp3) is 0.250. The average Bonchev–Trinajstić information content (AvgIpc) is 2.39. The minimum atomic E-state index is -0.0707. The summed E-state index contributed by atoms with van der Waals surface area (Å²) in [7, 11) is 0. The topological polar surface area (TPSA) is 0 Å². The molecule has 0 amide bonds. The van der Waals surface area contributed by atoms with Crippen LogP contribution in [0.15, 0.2) is 48.5 Å². The van der Waals surface area contributed by atoms with Crippen molar-refractivity contribution in [2.75, 3.05) is 0 Å². The van der Waals surface area contributed by atoms with Crippen LogP contribution in [0.2, 0.25) is 10.0 Å². The van der Waals surface area contributed by atoms with Crippen LogP contribution >= 0.6 is 39.1 Å². The molecular formula is C16H15BrCl2. The second kappa shape index (κ2) is 5.87. The van der Waals surface area contributed by atoms with Gasteiger partial charge in [0.2, 0.25) is 0 Å². The molecule has 0 radical (unpaired) electrons. The van der Waals surface area contributed by atoms with Gasteiger partial charge in [-0.05, 0) is 23.3 Å². The summed E-state index contributed by atoms with van der Waals surface area (Å²) in [5.41, 5.74) is 2.25. The summed E-state index contributed by atoms with van der Waals surface area (Å²) in [6.07, 6.45) is 0. The predicted octanol–water partition coefficient (Wildman–Crippen LogP) is 6.41. The highest BCUT2D eigenvalue weighted by Gasteiger charge is 2.31. The first-order valence-corrected chi connectivity index (χ1v) is 7.74. The van der Waals surface area contributed by atoms with Crippen molar-refractivity contribution in [3.8, 4) is 0 Å². The van der Waals surface area contributed by atoms with Crippen molar-refractivity contribution in [1.29, 1.82) is 0 Å². The summed E-state index contributed by atoms with van der Waals surface area (Å²) in [5.74, 6) is 0. The van der Waals surface area contributed by atoms with Gasteiger partial charge in [0.25, 0.3) is 0 Å². The van der Waals surface area contributed by atoms with Gasteiger partial charge in [0.05, 0.1) is 4.83 Å². The van der Waals surface area contributed by atoms with Crippen LogP contribution in [0.5, 0.6) is 0 Å². The Balaban J connectivity index is 2.40. The Bertz CT molecular complexity index is 564. The van der Waals surface area contributed by atoms with Gasteiger partial charge in [-0.15, -0.1) is 0 Å². The van der Waals surface area contributed by atoms with Crippen molar-refractivity contribution in [1.82, 2.24) is 0 Å². The molecule has 0 N–H and O–H groups in total. The third kappa shape index (κ3) is 3.16. The zero-order chi connectivity index (χ0) is 14.0. The van der Waals surface area contributed by atoms with Crippen LogP contribution in [-0.4, -0.2) is 0 Å². The lowest BCUT2D eigenvalue weighted by atomic mass is 9.79. The van der Waals surface area contributed by atoms with Crippen molar-refractivity contribution in [3.05, 3.63) is 69.7 Å². The van der Waals surface area contributed by atoms with Crippen LogP contribution in [-0.2, 0) is 5.41 Å². The van der Waals surface area contributed by atoms with Crippen LogP contribution in [0.1, 0.15) is 29.8 Å². The molecule has 0 heterocycles. The Morgan fingerprint density at radius 1 is 1.00 bits per heavy atom. The molecule has 3 heteroatoms. The standard InChI is InChI=1S/C16H15BrCl2/c1-16(2,11-6-4-3-5-7-11)15(17)13-9-8-12(18)10-14(13)19/h3-10,15H,1-2H3. The molecule has 0 nitrogen and oxygen atoms in total. The molecule has 0 saturated heterocycles. The zero-order valence-corrected chi connectivity index (χ0v) is 13.9. The van der Waals surface area contributed by atoms with Gasteiger partial charge in [0, 0.05) is 15.5 Å². The molecule has 1 unspecified atom stereocenters. The molecular weight excluding hydrogens is 343 g/mol. The fourth-order valence-corrected chi connectivity index (χ4v) is 3.42. The van der Waals surface area contributed by atoms with E-state index in [2.05, 4.69) is 54.0 Å². The summed E-state index contributed by atoms with van der Waals surface area (Å²) in [5, 5.41) is 1.35. The minimum absolute atomic E-state index is 0.0707. The number of halogens is 3. The van der Waals surface area contributed by atoms with Crippen LogP contribution < -0.4 is 0 Å². The second-order valence-corrected chi connectivity index (χ2v) is 6.88. The minimum Gasteiger partial charge on any atom is -0.0843 e. The first-order chi connectivity index (χ1) is 8.93. The summed E-state index contributed by atoms with van der Waals surface area (Å²) < 4.78 is 0. The molecule has 0 aliphatic rings. The first-order valence-electron chi connectivity index (χ1n) is 6.07. The van der Waals surface area contributed by atoms with Crippen molar-refractivity contribution < 1.29 is 0 Å². The lowest BCUT2D eigenvalue weighted by Crippen LogP contribution is -2.23. The highest BCUT2D eigenvalue weighted by Crippen LogP contribution is 2.45. The highest BCUT2D eigenvalue weighted by atomic mass is 79.9. The molecule has 0 aliphatic heterocycles. The lowest BCUT2D eigenvalue weighted by Gasteiger charge is -2.32. The van der Waals surface area contributed by atoms with E-state index in [0.717, 1.165) is 5.56 Å². The summed E-state index contributed by atoms with van der Waals surface area (Å²) in [6.45, 7) is 4.40. The maximum Gasteiger partial charge on any atom is 0.0501 e. The van der Waals surface area contributed by atoms with Gasteiger partial charge in [-0.25, -0.2) is 0 Å². The Morgan fingerprint density at radius 3 is 2.21 bits per heavy atom. The van der Waals surface area contributed by atoms with E-state index >= 15 is 0 Å². The molecule has 0 aromatic heterocycles. The maximum absolute atomic E-state index is 6.30. The van der Waals surface area contributed by atoms with Gasteiger partial charge in [0.15, 0.2) is 0 Å². The Hall–Kier alpha value is -0.500. The van der Waals surface area contributed by atoms with Crippen molar-refractivity contribution in [2.45, 2.75) is 24.1 Å². The molecule has 0 aliphatic carbocycles. The summed E-state index contributed by atoms with van der Waals surface area (Å²) in [4.78, 5) is 0.118. The Kier molecular flexibility index (Phi) is 4.60. The quantitative estimate of drug-likeness (QED) is 0.557. The van der Waals surface area contributed by atoms with Crippen LogP contribution in [0.4, 0.5) is 0 Å². The first kappa shape index (κ1) is 14.9. The van der Waals surface area contributed by atoms with E-state index in [1.165, 1.54) is 5.56 Å². The smallest absolute Gasteiger partial charge is 0.0501 e. The fourth-order valence-electron chi connectivity index (χ4n) is 2.11. The average molecular weight is 358 g/mol. The summed E-state index contributed by atoms with van der Waals surface area (Å²) in [6, 6.07) is 16.1. The lowest BCUT2D eigenvalue weighted by molar-refractivity contribution is 0.518. The Labute approximate surface area is 132 Å². The third-order valence-corrected chi connectivity index (χ3v) is 5.59. The van der Waals surface area contributed by atoms with E-state index in [1.807, 2.05) is 18.2 Å². The van der Waals surface area contributed by atoms with Gasteiger partial charge in [-0.3, -0.25) is 0 Å².